The summed E-state index contributed by atoms with van der Waals surface area (Å²) in [6.07, 6.45) is 4.08. The van der Waals surface area contributed by atoms with Gasteiger partial charge >= 0.3 is 0 Å². The molecule has 2 aromatic heterocycles. The van der Waals surface area contributed by atoms with Crippen molar-refractivity contribution in [2.45, 2.75) is 12.8 Å². The van der Waals surface area contributed by atoms with Crippen LogP contribution in [0.5, 0.6) is 0 Å². The maximum atomic E-state index is 6.89. The average molecular weight is 871 g/mol. The van der Waals surface area contributed by atoms with Crippen LogP contribution in [0.25, 0.3) is 99.3 Å². The van der Waals surface area contributed by atoms with Crippen LogP contribution >= 0.6 is 0 Å². The Bertz CT molecular complexity index is 4220. The summed E-state index contributed by atoms with van der Waals surface area (Å²) in [6.45, 7) is 0. The molecule has 14 rings (SSSR count). The van der Waals surface area contributed by atoms with Gasteiger partial charge in [0.15, 0.2) is 11.0 Å². The fourth-order valence-corrected chi connectivity index (χ4v) is 11.1. The van der Waals surface area contributed by atoms with Crippen molar-refractivity contribution < 1.29 is 8.83 Å². The minimum Gasteiger partial charge on any atom is -0.454 e. The van der Waals surface area contributed by atoms with E-state index < -0.39 is 0 Å². The van der Waals surface area contributed by atoms with Gasteiger partial charge in [-0.15, -0.1) is 0 Å². The molecule has 0 unspecified atom stereocenters. The van der Waals surface area contributed by atoms with Gasteiger partial charge in [-0.05, 0) is 88.0 Å². The molecule has 0 saturated heterocycles. The Balaban J connectivity index is 1.07. The summed E-state index contributed by atoms with van der Waals surface area (Å²) >= 11 is 0. The summed E-state index contributed by atoms with van der Waals surface area (Å²) in [5.74, 6) is 0. The van der Waals surface area contributed by atoms with E-state index in [0.29, 0.717) is 0 Å². The van der Waals surface area contributed by atoms with Crippen molar-refractivity contribution in [3.05, 3.63) is 235 Å². The van der Waals surface area contributed by atoms with E-state index in [4.69, 9.17) is 8.83 Å². The highest BCUT2D eigenvalue weighted by Crippen LogP contribution is 2.51. The Morgan fingerprint density at radius 2 is 0.838 bits per heavy atom. The highest BCUT2D eigenvalue weighted by molar-refractivity contribution is 6.29. The van der Waals surface area contributed by atoms with Crippen LogP contribution in [0.4, 0.5) is 28.4 Å². The third kappa shape index (κ3) is 5.87. The minimum absolute atomic E-state index is 0.825. The van der Waals surface area contributed by atoms with E-state index >= 15 is 0 Å². The fourth-order valence-electron chi connectivity index (χ4n) is 11.1. The van der Waals surface area contributed by atoms with Crippen LogP contribution in [0.3, 0.4) is 0 Å². The molecule has 68 heavy (non-hydrogen) atoms. The molecule has 0 amide bonds. The summed E-state index contributed by atoms with van der Waals surface area (Å²) < 4.78 is 13.7. The molecule has 320 valence electrons. The fraction of sp³-hybridized carbons (Fsp3) is 0.0312. The lowest BCUT2D eigenvalue weighted by Crippen LogP contribution is -2.33. The first-order valence-corrected chi connectivity index (χ1v) is 23.5. The van der Waals surface area contributed by atoms with Gasteiger partial charge in [0.1, 0.15) is 11.2 Å². The SMILES string of the molecule is C1=c2c(oc3ccccc23)=C(N(c2ccccc2-c2ccccc2)c2ccc3ccc4ccc(N(c5ccccc5-c5ccccc5)c5cccc6c5oc5ccccc56)c5ccc2c3c45)CC1. The van der Waals surface area contributed by atoms with Crippen LogP contribution in [0.1, 0.15) is 12.8 Å². The molecule has 0 spiro atoms. The standard InChI is InChI=1S/C64H42N2O2/c1-3-17-41(18-4-1)45-21-7-11-27-53(45)65(57-29-15-25-49-47-23-9-13-31-59(47)67-63(49)57)55-39-35-43-33-34-44-36-40-56(52-38-37-51(55)61(43)62(44)52)66(54-28-12-8-22-46(54)42-19-5-2-6-20-42)58-30-16-26-50-48-24-10-14-32-60(48)68-64(50)58/h1-15,17-29,31-40H,16,30H2. The van der Waals surface area contributed by atoms with Crippen molar-refractivity contribution in [1.29, 1.82) is 0 Å². The van der Waals surface area contributed by atoms with Crippen molar-refractivity contribution >= 4 is 105 Å². The molecule has 0 N–H and O–H groups in total. The monoisotopic (exact) mass is 870 g/mol. The van der Waals surface area contributed by atoms with E-state index in [1.807, 2.05) is 6.07 Å². The average Bonchev–Trinajstić information content (AvgIpc) is 3.99. The van der Waals surface area contributed by atoms with Gasteiger partial charge in [0.2, 0.25) is 0 Å². The molecule has 1 aliphatic carbocycles. The normalized spacial score (nSPS) is 12.7. The van der Waals surface area contributed by atoms with Gasteiger partial charge in [-0.3, -0.25) is 0 Å². The van der Waals surface area contributed by atoms with Crippen LogP contribution in [0, 0.1) is 0 Å². The molecule has 0 radical (unpaired) electrons. The zero-order chi connectivity index (χ0) is 44.7. The highest BCUT2D eigenvalue weighted by Gasteiger charge is 2.28. The molecule has 2 heterocycles. The van der Waals surface area contributed by atoms with Crippen molar-refractivity contribution in [3.8, 4) is 22.3 Å². The molecule has 1 aliphatic rings. The van der Waals surface area contributed by atoms with E-state index in [9.17, 15) is 0 Å². The van der Waals surface area contributed by atoms with E-state index in [1.54, 1.807) is 0 Å². The second-order valence-electron chi connectivity index (χ2n) is 17.8. The van der Waals surface area contributed by atoms with Crippen molar-refractivity contribution in [1.82, 2.24) is 0 Å². The number of hydrogen-bond donors (Lipinski definition) is 0. The molecular weight excluding hydrogens is 829 g/mol. The lowest BCUT2D eigenvalue weighted by Gasteiger charge is -2.32. The lowest BCUT2D eigenvalue weighted by atomic mass is 9.91. The van der Waals surface area contributed by atoms with Crippen molar-refractivity contribution in [2.24, 2.45) is 0 Å². The third-order valence-electron chi connectivity index (χ3n) is 14.1. The predicted molar refractivity (Wildman–Crippen MR) is 284 cm³/mol. The number of anilines is 5. The van der Waals surface area contributed by atoms with Crippen molar-refractivity contribution in [3.63, 3.8) is 0 Å². The molecule has 0 aliphatic heterocycles. The van der Waals surface area contributed by atoms with Gasteiger partial charge in [0, 0.05) is 43.3 Å². The van der Waals surface area contributed by atoms with E-state index in [2.05, 4.69) is 234 Å². The van der Waals surface area contributed by atoms with Gasteiger partial charge < -0.3 is 18.6 Å². The number of benzene rings is 11. The lowest BCUT2D eigenvalue weighted by molar-refractivity contribution is 0.566. The molecular formula is C64H42N2O2. The molecule has 0 fully saturated rings. The van der Waals surface area contributed by atoms with Crippen molar-refractivity contribution in [2.75, 3.05) is 9.80 Å². The molecule has 13 aromatic rings. The van der Waals surface area contributed by atoms with Crippen LogP contribution in [0.2, 0.25) is 0 Å². The zero-order valence-corrected chi connectivity index (χ0v) is 37.1. The van der Waals surface area contributed by atoms with Gasteiger partial charge in [0.25, 0.3) is 0 Å². The quantitative estimate of drug-likeness (QED) is 0.142. The third-order valence-corrected chi connectivity index (χ3v) is 14.1. The van der Waals surface area contributed by atoms with Gasteiger partial charge in [0.05, 0.1) is 34.1 Å². The minimum atomic E-state index is 0.825. The Morgan fingerprint density at radius 3 is 1.50 bits per heavy atom. The smallest absolute Gasteiger partial charge is 0.159 e. The number of fused-ring (bicyclic) bond motifs is 6. The second kappa shape index (κ2) is 15.4. The van der Waals surface area contributed by atoms with Gasteiger partial charge in [-0.25, -0.2) is 0 Å². The number of para-hydroxylation sites is 5. The number of rotatable bonds is 8. The van der Waals surface area contributed by atoms with E-state index in [1.165, 1.54) is 37.7 Å². The van der Waals surface area contributed by atoms with E-state index in [0.717, 1.165) is 107 Å². The maximum Gasteiger partial charge on any atom is 0.159 e. The summed E-state index contributed by atoms with van der Waals surface area (Å²) in [7, 11) is 0. The summed E-state index contributed by atoms with van der Waals surface area (Å²) in [6, 6.07) is 80.9. The van der Waals surface area contributed by atoms with Gasteiger partial charge in [-0.2, -0.15) is 0 Å². The first-order chi connectivity index (χ1) is 33.8. The summed E-state index contributed by atoms with van der Waals surface area (Å²) in [5.41, 5.74) is 14.7. The summed E-state index contributed by atoms with van der Waals surface area (Å²) in [5, 5.41) is 11.7. The Hall–Kier alpha value is -8.86. The van der Waals surface area contributed by atoms with Crippen LogP contribution in [-0.4, -0.2) is 0 Å². The Morgan fingerprint density at radius 1 is 0.338 bits per heavy atom. The molecule has 0 saturated carbocycles. The first kappa shape index (κ1) is 38.4. The number of furan rings is 2. The topological polar surface area (TPSA) is 32.8 Å². The zero-order valence-electron chi connectivity index (χ0n) is 37.1. The van der Waals surface area contributed by atoms with Crippen LogP contribution in [-0.2, 0) is 0 Å². The Kier molecular flexibility index (Phi) is 8.68. The summed E-state index contributed by atoms with van der Waals surface area (Å²) in [4.78, 5) is 4.94. The maximum absolute atomic E-state index is 6.89. The molecule has 4 heteroatoms. The number of hydrogen-bond acceptors (Lipinski definition) is 4. The largest absolute Gasteiger partial charge is 0.454 e. The second-order valence-corrected chi connectivity index (χ2v) is 17.8. The molecule has 0 atom stereocenters. The van der Waals surface area contributed by atoms with Crippen LogP contribution < -0.4 is 20.4 Å². The number of nitrogens with zero attached hydrogens (tertiary/aromatic N) is 2. The first-order valence-electron chi connectivity index (χ1n) is 23.5. The Labute approximate surface area is 392 Å². The highest BCUT2D eigenvalue weighted by atomic mass is 16.3. The predicted octanol–water partition coefficient (Wildman–Crippen LogP) is 16.6. The molecule has 4 nitrogen and oxygen atoms in total. The molecule has 11 aromatic carbocycles. The van der Waals surface area contributed by atoms with Gasteiger partial charge in [-0.1, -0.05) is 188 Å². The van der Waals surface area contributed by atoms with Crippen LogP contribution in [0.15, 0.2) is 233 Å². The van der Waals surface area contributed by atoms with E-state index in [-0.39, 0.29) is 0 Å². The molecule has 0 bridgehead atoms.